The Bertz CT molecular complexity index is 1130. The molecule has 174 valence electrons. The molecule has 0 unspecified atom stereocenters. The van der Waals surface area contributed by atoms with Gasteiger partial charge in [-0.05, 0) is 36.4 Å². The number of ether oxygens (including phenoxy) is 2. The van der Waals surface area contributed by atoms with Crippen LogP contribution in [0.25, 0.3) is 5.57 Å². The predicted octanol–water partition coefficient (Wildman–Crippen LogP) is 2.90. The quantitative estimate of drug-likeness (QED) is 0.622. The molecule has 9 heteroatoms. The van der Waals surface area contributed by atoms with Crippen LogP contribution < -0.4 is 14.4 Å². The summed E-state index contributed by atoms with van der Waals surface area (Å²) in [5.74, 6) is -2.23. The molecule has 0 atom stereocenters. The summed E-state index contributed by atoms with van der Waals surface area (Å²) >= 11 is 0. The Balaban J connectivity index is 1.83. The zero-order chi connectivity index (χ0) is 23.7. The van der Waals surface area contributed by atoms with E-state index in [9.17, 15) is 18.4 Å². The highest BCUT2D eigenvalue weighted by Gasteiger charge is 2.44. The van der Waals surface area contributed by atoms with Crippen LogP contribution in [0.5, 0.6) is 11.5 Å². The monoisotopic (exact) mass is 457 g/mol. The van der Waals surface area contributed by atoms with Crippen molar-refractivity contribution in [3.8, 4) is 11.5 Å². The second-order valence-corrected chi connectivity index (χ2v) is 7.76. The van der Waals surface area contributed by atoms with E-state index in [0.717, 1.165) is 36.7 Å². The maximum absolute atomic E-state index is 14.6. The first kappa shape index (κ1) is 22.7. The number of carbonyl (C=O) groups excluding carboxylic acids is 2. The molecule has 2 aliphatic rings. The number of halogens is 2. The average Bonchev–Trinajstić information content (AvgIpc) is 3.08. The van der Waals surface area contributed by atoms with Crippen molar-refractivity contribution in [2.45, 2.75) is 6.92 Å². The lowest BCUT2D eigenvalue weighted by Crippen LogP contribution is -2.47. The molecule has 0 aromatic heterocycles. The minimum atomic E-state index is -0.986. The number of methoxy groups -OCH3 is 2. The van der Waals surface area contributed by atoms with Crippen LogP contribution in [-0.4, -0.2) is 68.6 Å². The standard InChI is InChI=1S/C24H25F2N3O4/c1-4-27-9-11-28(12-10-27)22-21(15-5-8-19(32-2)20(13-15)33-3)23(30)29(24(22)31)18-7-6-16(25)14-17(18)26/h5-8,13-14H,4,9-12H2,1-3H3. The lowest BCUT2D eigenvalue weighted by Gasteiger charge is -2.36. The van der Waals surface area contributed by atoms with Gasteiger partial charge in [-0.2, -0.15) is 0 Å². The SMILES string of the molecule is CCN1CCN(C2=C(c3ccc(OC)c(OC)c3)C(=O)N(c3ccc(F)cc3F)C2=O)CC1. The maximum atomic E-state index is 14.6. The number of imide groups is 1. The molecule has 2 aromatic rings. The zero-order valence-corrected chi connectivity index (χ0v) is 18.7. The lowest BCUT2D eigenvalue weighted by atomic mass is 10.0. The van der Waals surface area contributed by atoms with Gasteiger partial charge in [0.1, 0.15) is 17.3 Å². The molecule has 4 rings (SSSR count). The highest BCUT2D eigenvalue weighted by atomic mass is 19.1. The molecule has 2 aromatic carbocycles. The third-order valence-corrected chi connectivity index (χ3v) is 6.02. The summed E-state index contributed by atoms with van der Waals surface area (Å²) < 4.78 is 38.7. The smallest absolute Gasteiger partial charge is 0.282 e. The second-order valence-electron chi connectivity index (χ2n) is 7.76. The van der Waals surface area contributed by atoms with Crippen molar-refractivity contribution in [2.24, 2.45) is 0 Å². The maximum Gasteiger partial charge on any atom is 0.282 e. The van der Waals surface area contributed by atoms with Crippen LogP contribution in [0, 0.1) is 11.6 Å². The summed E-state index contributed by atoms with van der Waals surface area (Å²) in [6, 6.07) is 7.70. The summed E-state index contributed by atoms with van der Waals surface area (Å²) in [4.78, 5) is 32.0. The van der Waals surface area contributed by atoms with Gasteiger partial charge >= 0.3 is 0 Å². The molecule has 0 N–H and O–H groups in total. The number of rotatable bonds is 6. The number of piperazine rings is 1. The van der Waals surface area contributed by atoms with Gasteiger partial charge in [-0.15, -0.1) is 0 Å². The van der Waals surface area contributed by atoms with Gasteiger partial charge in [-0.1, -0.05) is 13.0 Å². The Morgan fingerprint density at radius 3 is 2.18 bits per heavy atom. The fourth-order valence-electron chi connectivity index (χ4n) is 4.23. The van der Waals surface area contributed by atoms with E-state index < -0.39 is 23.4 Å². The van der Waals surface area contributed by atoms with E-state index in [1.54, 1.807) is 18.2 Å². The van der Waals surface area contributed by atoms with E-state index in [1.165, 1.54) is 14.2 Å². The lowest BCUT2D eigenvalue weighted by molar-refractivity contribution is -0.120. The highest BCUT2D eigenvalue weighted by molar-refractivity contribution is 6.45. The average molecular weight is 457 g/mol. The van der Waals surface area contributed by atoms with Gasteiger partial charge < -0.3 is 19.3 Å². The molecular weight excluding hydrogens is 432 g/mol. The number of anilines is 1. The molecule has 0 spiro atoms. The van der Waals surface area contributed by atoms with Crippen LogP contribution in [0.2, 0.25) is 0 Å². The Labute approximate surface area is 190 Å². The van der Waals surface area contributed by atoms with E-state index in [0.29, 0.717) is 36.2 Å². The molecule has 0 saturated carbocycles. The largest absolute Gasteiger partial charge is 0.493 e. The van der Waals surface area contributed by atoms with Crippen molar-refractivity contribution in [1.82, 2.24) is 9.80 Å². The Hall–Kier alpha value is -3.46. The summed E-state index contributed by atoms with van der Waals surface area (Å²) in [6.45, 7) is 5.48. The van der Waals surface area contributed by atoms with E-state index >= 15 is 0 Å². The molecule has 2 amide bonds. The van der Waals surface area contributed by atoms with Gasteiger partial charge in [-0.25, -0.2) is 13.7 Å². The number of benzene rings is 2. The summed E-state index contributed by atoms with van der Waals surface area (Å²) in [6.07, 6.45) is 0. The van der Waals surface area contributed by atoms with Crippen molar-refractivity contribution >= 4 is 23.1 Å². The van der Waals surface area contributed by atoms with Gasteiger partial charge in [0.25, 0.3) is 11.8 Å². The number of carbonyl (C=O) groups is 2. The minimum Gasteiger partial charge on any atom is -0.493 e. The normalized spacial score (nSPS) is 17.2. The summed E-state index contributed by atoms with van der Waals surface area (Å²) in [5, 5.41) is 0. The number of nitrogens with zero attached hydrogens (tertiary/aromatic N) is 3. The molecule has 2 heterocycles. The molecule has 33 heavy (non-hydrogen) atoms. The van der Waals surface area contributed by atoms with Crippen LogP contribution in [-0.2, 0) is 9.59 Å². The molecule has 1 saturated heterocycles. The van der Waals surface area contributed by atoms with Crippen molar-refractivity contribution < 1.29 is 27.8 Å². The minimum absolute atomic E-state index is 0.148. The van der Waals surface area contributed by atoms with Crippen molar-refractivity contribution in [1.29, 1.82) is 0 Å². The summed E-state index contributed by atoms with van der Waals surface area (Å²) in [5.41, 5.74) is 0.511. The molecule has 7 nitrogen and oxygen atoms in total. The summed E-state index contributed by atoms with van der Waals surface area (Å²) in [7, 11) is 2.97. The molecule has 0 radical (unpaired) electrons. The highest BCUT2D eigenvalue weighted by Crippen LogP contribution is 2.39. The van der Waals surface area contributed by atoms with Gasteiger partial charge in [0, 0.05) is 32.2 Å². The van der Waals surface area contributed by atoms with Gasteiger partial charge in [0.05, 0.1) is 25.5 Å². The van der Waals surface area contributed by atoms with Crippen molar-refractivity contribution in [3.63, 3.8) is 0 Å². The number of hydrogen-bond acceptors (Lipinski definition) is 6. The van der Waals surface area contributed by atoms with E-state index in [4.69, 9.17) is 9.47 Å². The number of likely N-dealkylation sites (N-methyl/N-ethyl adjacent to an activating group) is 1. The second kappa shape index (κ2) is 9.19. The molecular formula is C24H25F2N3O4. The van der Waals surface area contributed by atoms with Crippen molar-refractivity contribution in [3.05, 3.63) is 59.3 Å². The van der Waals surface area contributed by atoms with E-state index in [1.807, 2.05) is 4.90 Å². The fraction of sp³-hybridized carbons (Fsp3) is 0.333. The molecule has 0 aliphatic carbocycles. The van der Waals surface area contributed by atoms with Crippen LogP contribution in [0.15, 0.2) is 42.1 Å². The first-order chi connectivity index (χ1) is 15.9. The third kappa shape index (κ3) is 4.04. The van der Waals surface area contributed by atoms with Crippen LogP contribution >= 0.6 is 0 Å². The van der Waals surface area contributed by atoms with Gasteiger partial charge in [0.2, 0.25) is 0 Å². The van der Waals surface area contributed by atoms with E-state index in [-0.39, 0.29) is 17.0 Å². The number of amides is 2. The Kier molecular flexibility index (Phi) is 6.33. The predicted molar refractivity (Wildman–Crippen MR) is 119 cm³/mol. The fourth-order valence-corrected chi connectivity index (χ4v) is 4.23. The molecule has 0 bridgehead atoms. The Morgan fingerprint density at radius 2 is 1.58 bits per heavy atom. The van der Waals surface area contributed by atoms with Crippen LogP contribution in [0.4, 0.5) is 14.5 Å². The molecule has 2 aliphatic heterocycles. The Morgan fingerprint density at radius 1 is 0.879 bits per heavy atom. The number of hydrogen-bond donors (Lipinski definition) is 0. The van der Waals surface area contributed by atoms with Gasteiger partial charge in [-0.3, -0.25) is 9.59 Å². The van der Waals surface area contributed by atoms with Crippen LogP contribution in [0.1, 0.15) is 12.5 Å². The van der Waals surface area contributed by atoms with Crippen molar-refractivity contribution in [2.75, 3.05) is 51.8 Å². The molecule has 1 fully saturated rings. The zero-order valence-electron chi connectivity index (χ0n) is 18.7. The first-order valence-electron chi connectivity index (χ1n) is 10.7. The van der Waals surface area contributed by atoms with Crippen LogP contribution in [0.3, 0.4) is 0 Å². The topological polar surface area (TPSA) is 62.3 Å². The first-order valence-corrected chi connectivity index (χ1v) is 10.7. The van der Waals surface area contributed by atoms with Gasteiger partial charge in [0.15, 0.2) is 11.5 Å². The third-order valence-electron chi connectivity index (χ3n) is 6.02. The van der Waals surface area contributed by atoms with E-state index in [2.05, 4.69) is 11.8 Å².